The van der Waals surface area contributed by atoms with E-state index in [0.29, 0.717) is 12.1 Å². The Balaban J connectivity index is 1.44. The van der Waals surface area contributed by atoms with Gasteiger partial charge in [-0.15, -0.1) is 0 Å². The van der Waals surface area contributed by atoms with Gasteiger partial charge in [0.2, 0.25) is 0 Å². The third-order valence-electron chi connectivity index (χ3n) is 4.07. The molecule has 2 unspecified atom stereocenters. The van der Waals surface area contributed by atoms with Gasteiger partial charge in [0.1, 0.15) is 5.82 Å². The van der Waals surface area contributed by atoms with Gasteiger partial charge in [0, 0.05) is 32.5 Å². The zero-order valence-electron chi connectivity index (χ0n) is 12.7. The Morgan fingerprint density at radius 2 is 1.86 bits per heavy atom. The molecule has 1 aromatic heterocycles. The molecule has 0 bridgehead atoms. The number of carbonyl (C=O) groups is 1. The fourth-order valence-corrected chi connectivity index (χ4v) is 2.77. The van der Waals surface area contributed by atoms with E-state index in [4.69, 9.17) is 9.47 Å². The highest BCUT2D eigenvalue weighted by molar-refractivity contribution is 5.94. The predicted octanol–water partition coefficient (Wildman–Crippen LogP) is 1.58. The number of rotatable bonds is 6. The largest absolute Gasteiger partial charge is 0.376 e. The van der Waals surface area contributed by atoms with Gasteiger partial charge in [0.15, 0.2) is 0 Å². The lowest BCUT2D eigenvalue weighted by Gasteiger charge is -2.12. The summed E-state index contributed by atoms with van der Waals surface area (Å²) in [4.78, 5) is 16.3. The van der Waals surface area contributed by atoms with Crippen LogP contribution in [-0.4, -0.2) is 49.4 Å². The Kier molecular flexibility index (Phi) is 5.24. The Morgan fingerprint density at radius 3 is 2.45 bits per heavy atom. The second-order valence-electron chi connectivity index (χ2n) is 5.79. The van der Waals surface area contributed by atoms with Crippen molar-refractivity contribution in [3.05, 3.63) is 23.9 Å². The highest BCUT2D eigenvalue weighted by atomic mass is 16.5. The molecule has 0 aliphatic carbocycles. The first kappa shape index (κ1) is 15.2. The number of hydrogen-bond donors (Lipinski definition) is 2. The minimum absolute atomic E-state index is 0.103. The van der Waals surface area contributed by atoms with Crippen molar-refractivity contribution in [1.29, 1.82) is 0 Å². The maximum atomic E-state index is 12.0. The Bertz CT molecular complexity index is 480. The van der Waals surface area contributed by atoms with Crippen LogP contribution in [0.25, 0.3) is 0 Å². The average molecular weight is 305 g/mol. The van der Waals surface area contributed by atoms with Crippen LogP contribution in [0.2, 0.25) is 0 Å². The Hall–Kier alpha value is -1.66. The van der Waals surface area contributed by atoms with E-state index in [1.165, 1.54) is 0 Å². The molecular formula is C16H23N3O3. The van der Waals surface area contributed by atoms with E-state index in [2.05, 4.69) is 15.6 Å². The molecule has 1 aromatic rings. The molecule has 0 spiro atoms. The quantitative estimate of drug-likeness (QED) is 0.835. The van der Waals surface area contributed by atoms with E-state index < -0.39 is 0 Å². The van der Waals surface area contributed by atoms with E-state index in [1.54, 1.807) is 12.3 Å². The summed E-state index contributed by atoms with van der Waals surface area (Å²) in [5, 5.41) is 6.13. The van der Waals surface area contributed by atoms with Crippen LogP contribution in [0.5, 0.6) is 0 Å². The van der Waals surface area contributed by atoms with Crippen molar-refractivity contribution in [2.45, 2.75) is 37.9 Å². The summed E-state index contributed by atoms with van der Waals surface area (Å²) in [5.41, 5.74) is 0.570. The van der Waals surface area contributed by atoms with Crippen LogP contribution in [0.15, 0.2) is 18.3 Å². The third-order valence-corrected chi connectivity index (χ3v) is 4.07. The summed E-state index contributed by atoms with van der Waals surface area (Å²) in [6, 6.07) is 3.62. The first-order chi connectivity index (χ1) is 10.8. The first-order valence-corrected chi connectivity index (χ1v) is 8.02. The van der Waals surface area contributed by atoms with Gasteiger partial charge in [-0.05, 0) is 37.8 Å². The molecule has 2 fully saturated rings. The van der Waals surface area contributed by atoms with Gasteiger partial charge in [-0.2, -0.15) is 0 Å². The monoisotopic (exact) mass is 305 g/mol. The standard InChI is InChI=1S/C16H23N3O3/c20-16(19-11-14-4-2-8-22-14)12-5-6-15(17-9-12)18-10-13-3-1-7-21-13/h5-6,9,13-14H,1-4,7-8,10-11H2,(H,17,18)(H,19,20). The van der Waals surface area contributed by atoms with E-state index >= 15 is 0 Å². The summed E-state index contributed by atoms with van der Waals surface area (Å²) in [6.45, 7) is 2.98. The molecule has 22 heavy (non-hydrogen) atoms. The third kappa shape index (κ3) is 4.18. The first-order valence-electron chi connectivity index (χ1n) is 8.02. The fraction of sp³-hybridized carbons (Fsp3) is 0.625. The number of pyridine rings is 1. The lowest BCUT2D eigenvalue weighted by Crippen LogP contribution is -2.31. The number of nitrogens with one attached hydrogen (secondary N) is 2. The van der Waals surface area contributed by atoms with Crippen LogP contribution in [0.4, 0.5) is 5.82 Å². The predicted molar refractivity (Wildman–Crippen MR) is 83.0 cm³/mol. The highest BCUT2D eigenvalue weighted by Gasteiger charge is 2.17. The van der Waals surface area contributed by atoms with Crippen LogP contribution in [0.3, 0.4) is 0 Å². The topological polar surface area (TPSA) is 72.5 Å². The molecule has 3 heterocycles. The molecule has 6 nitrogen and oxygen atoms in total. The van der Waals surface area contributed by atoms with Crippen molar-refractivity contribution in [2.24, 2.45) is 0 Å². The number of carbonyl (C=O) groups excluding carboxylic acids is 1. The van der Waals surface area contributed by atoms with Crippen molar-refractivity contribution >= 4 is 11.7 Å². The maximum absolute atomic E-state index is 12.0. The Labute approximate surface area is 130 Å². The number of hydrogen-bond acceptors (Lipinski definition) is 5. The Morgan fingerprint density at radius 1 is 1.14 bits per heavy atom. The van der Waals surface area contributed by atoms with Gasteiger partial charge in [0.05, 0.1) is 17.8 Å². The van der Waals surface area contributed by atoms with Gasteiger partial charge in [0.25, 0.3) is 5.91 Å². The molecule has 2 aliphatic rings. The summed E-state index contributed by atoms with van der Waals surface area (Å²) in [6.07, 6.45) is 6.35. The molecule has 3 rings (SSSR count). The summed E-state index contributed by atoms with van der Waals surface area (Å²) < 4.78 is 11.0. The lowest BCUT2D eigenvalue weighted by atomic mass is 10.2. The molecule has 1 amide bonds. The van der Waals surface area contributed by atoms with E-state index in [0.717, 1.165) is 51.3 Å². The average Bonchev–Trinajstić information content (AvgIpc) is 3.24. The molecule has 0 aromatic carbocycles. The normalized spacial score (nSPS) is 24.4. The molecule has 6 heteroatoms. The number of nitrogens with zero attached hydrogens (tertiary/aromatic N) is 1. The zero-order chi connectivity index (χ0) is 15.2. The lowest BCUT2D eigenvalue weighted by molar-refractivity contribution is 0.0857. The molecule has 2 N–H and O–H groups in total. The summed E-state index contributed by atoms with van der Waals surface area (Å²) in [7, 11) is 0. The highest BCUT2D eigenvalue weighted by Crippen LogP contribution is 2.13. The van der Waals surface area contributed by atoms with Gasteiger partial charge >= 0.3 is 0 Å². The van der Waals surface area contributed by atoms with Crippen LogP contribution in [-0.2, 0) is 9.47 Å². The van der Waals surface area contributed by atoms with Crippen LogP contribution in [0.1, 0.15) is 36.0 Å². The van der Waals surface area contributed by atoms with Gasteiger partial charge in [-0.1, -0.05) is 0 Å². The number of anilines is 1. The molecule has 2 atom stereocenters. The van der Waals surface area contributed by atoms with E-state index in [-0.39, 0.29) is 18.1 Å². The van der Waals surface area contributed by atoms with Crippen molar-refractivity contribution in [3.63, 3.8) is 0 Å². The minimum atomic E-state index is -0.103. The van der Waals surface area contributed by atoms with Crippen molar-refractivity contribution in [1.82, 2.24) is 10.3 Å². The van der Waals surface area contributed by atoms with Gasteiger partial charge in [-0.3, -0.25) is 4.79 Å². The smallest absolute Gasteiger partial charge is 0.252 e. The fourth-order valence-electron chi connectivity index (χ4n) is 2.77. The van der Waals surface area contributed by atoms with Crippen LogP contribution in [0, 0.1) is 0 Å². The van der Waals surface area contributed by atoms with Crippen molar-refractivity contribution in [2.75, 3.05) is 31.6 Å². The second-order valence-corrected chi connectivity index (χ2v) is 5.79. The minimum Gasteiger partial charge on any atom is -0.376 e. The van der Waals surface area contributed by atoms with Gasteiger partial charge in [-0.25, -0.2) is 4.98 Å². The molecule has 0 saturated carbocycles. The SMILES string of the molecule is O=C(NCC1CCCO1)c1ccc(NCC2CCCO2)nc1. The molecule has 0 radical (unpaired) electrons. The molecular weight excluding hydrogens is 282 g/mol. The number of amides is 1. The van der Waals surface area contributed by atoms with E-state index in [9.17, 15) is 4.79 Å². The summed E-state index contributed by atoms with van der Waals surface area (Å²) in [5.74, 6) is 0.667. The van der Waals surface area contributed by atoms with Crippen LogP contribution >= 0.6 is 0 Å². The van der Waals surface area contributed by atoms with Crippen LogP contribution < -0.4 is 10.6 Å². The molecule has 2 aliphatic heterocycles. The number of ether oxygens (including phenoxy) is 2. The summed E-state index contributed by atoms with van der Waals surface area (Å²) >= 11 is 0. The maximum Gasteiger partial charge on any atom is 0.252 e. The zero-order valence-corrected chi connectivity index (χ0v) is 12.7. The molecule has 2 saturated heterocycles. The van der Waals surface area contributed by atoms with Crippen molar-refractivity contribution < 1.29 is 14.3 Å². The van der Waals surface area contributed by atoms with Crippen molar-refractivity contribution in [3.8, 4) is 0 Å². The van der Waals surface area contributed by atoms with E-state index in [1.807, 2.05) is 6.07 Å². The second kappa shape index (κ2) is 7.56. The number of aromatic nitrogens is 1. The van der Waals surface area contributed by atoms with Gasteiger partial charge < -0.3 is 20.1 Å². The molecule has 120 valence electrons.